The highest BCUT2D eigenvalue weighted by molar-refractivity contribution is 5.00. The van der Waals surface area contributed by atoms with Crippen molar-refractivity contribution in [1.29, 1.82) is 10.5 Å². The maximum atomic E-state index is 8.68. The molecule has 1 heterocycles. The number of nitrogens with zero attached hydrogens (tertiary/aromatic N) is 4. The molecule has 0 aromatic carbocycles. The smallest absolute Gasteiger partial charge is 0.145 e. The van der Waals surface area contributed by atoms with Gasteiger partial charge in [0.15, 0.2) is 0 Å². The third-order valence-corrected chi connectivity index (χ3v) is 2.69. The first kappa shape index (κ1) is 12.9. The molecule has 1 aliphatic heterocycles. The quantitative estimate of drug-likeness (QED) is 0.561. The topological polar surface area (TPSA) is 106 Å². The molecule has 0 atom stereocenters. The summed E-state index contributed by atoms with van der Waals surface area (Å²) >= 11 is 0. The van der Waals surface area contributed by atoms with Crippen molar-refractivity contribution >= 4 is 0 Å². The minimum atomic E-state index is -0.525. The lowest BCUT2D eigenvalue weighted by Crippen LogP contribution is -2.52. The Balaban J connectivity index is 2.27. The number of piperazine rings is 1. The van der Waals surface area contributed by atoms with Gasteiger partial charge in [0.05, 0.1) is 18.3 Å². The van der Waals surface area contributed by atoms with Crippen molar-refractivity contribution in [2.24, 2.45) is 17.4 Å². The maximum Gasteiger partial charge on any atom is 0.145 e. The van der Waals surface area contributed by atoms with Crippen LogP contribution in [0.1, 0.15) is 0 Å². The molecule has 0 spiro atoms. The first-order valence-corrected chi connectivity index (χ1v) is 5.41. The molecule has 6 heteroatoms. The van der Waals surface area contributed by atoms with Crippen LogP contribution in [0.25, 0.3) is 0 Å². The van der Waals surface area contributed by atoms with Crippen LogP contribution in [0.5, 0.6) is 0 Å². The van der Waals surface area contributed by atoms with Crippen LogP contribution in [0, 0.1) is 28.6 Å². The van der Waals surface area contributed by atoms with Gasteiger partial charge < -0.3 is 11.5 Å². The van der Waals surface area contributed by atoms with Gasteiger partial charge in [-0.15, -0.1) is 0 Å². The molecule has 1 saturated heterocycles. The average Bonchev–Trinajstić information content (AvgIpc) is 2.27. The molecule has 1 aliphatic rings. The third-order valence-electron chi connectivity index (χ3n) is 2.69. The van der Waals surface area contributed by atoms with Gasteiger partial charge in [0.25, 0.3) is 0 Å². The summed E-state index contributed by atoms with van der Waals surface area (Å²) in [5.41, 5.74) is 11.0. The third kappa shape index (κ3) is 4.13. The van der Waals surface area contributed by atoms with Gasteiger partial charge in [0.1, 0.15) is 5.92 Å². The summed E-state index contributed by atoms with van der Waals surface area (Å²) in [6, 6.07) is 3.97. The van der Waals surface area contributed by atoms with Crippen molar-refractivity contribution in [2.45, 2.75) is 6.17 Å². The van der Waals surface area contributed by atoms with Gasteiger partial charge in [0.2, 0.25) is 0 Å². The first-order chi connectivity index (χ1) is 7.65. The highest BCUT2D eigenvalue weighted by Crippen LogP contribution is 2.04. The van der Waals surface area contributed by atoms with Crippen molar-refractivity contribution in [2.75, 3.05) is 39.3 Å². The van der Waals surface area contributed by atoms with E-state index in [0.29, 0.717) is 13.1 Å². The van der Waals surface area contributed by atoms with Crippen LogP contribution in [0.4, 0.5) is 0 Å². The zero-order valence-electron chi connectivity index (χ0n) is 9.34. The van der Waals surface area contributed by atoms with Gasteiger partial charge in [0, 0.05) is 39.3 Å². The van der Waals surface area contributed by atoms with Gasteiger partial charge in [-0.3, -0.25) is 9.80 Å². The number of hydrogen-bond donors (Lipinski definition) is 2. The van der Waals surface area contributed by atoms with Crippen LogP contribution in [-0.4, -0.2) is 55.2 Å². The Kier molecular flexibility index (Phi) is 5.17. The monoisotopic (exact) mass is 222 g/mol. The van der Waals surface area contributed by atoms with Crippen molar-refractivity contribution in [3.63, 3.8) is 0 Å². The van der Waals surface area contributed by atoms with Crippen LogP contribution >= 0.6 is 0 Å². The van der Waals surface area contributed by atoms with Crippen LogP contribution in [0.3, 0.4) is 0 Å². The molecule has 0 aromatic heterocycles. The molecule has 1 rings (SSSR count). The fraction of sp³-hybridized carbons (Fsp3) is 0.800. The number of nitrogens with two attached hydrogens (primary N) is 2. The minimum absolute atomic E-state index is 0.294. The van der Waals surface area contributed by atoms with Crippen molar-refractivity contribution in [1.82, 2.24) is 9.80 Å². The Morgan fingerprint density at radius 2 is 1.38 bits per heavy atom. The Hall–Kier alpha value is -1.18. The van der Waals surface area contributed by atoms with Crippen molar-refractivity contribution < 1.29 is 0 Å². The molecule has 6 nitrogen and oxygen atoms in total. The molecule has 1 fully saturated rings. The Morgan fingerprint density at radius 3 is 1.75 bits per heavy atom. The normalized spacial score (nSPS) is 18.6. The largest absolute Gasteiger partial charge is 0.315 e. The lowest BCUT2D eigenvalue weighted by molar-refractivity contribution is 0.124. The van der Waals surface area contributed by atoms with Crippen LogP contribution < -0.4 is 11.5 Å². The Morgan fingerprint density at radius 1 is 0.938 bits per heavy atom. The highest BCUT2D eigenvalue weighted by atomic mass is 15.3. The molecule has 0 radical (unpaired) electrons. The summed E-state index contributed by atoms with van der Waals surface area (Å²) in [4.78, 5) is 4.34. The van der Waals surface area contributed by atoms with Gasteiger partial charge in [-0.1, -0.05) is 0 Å². The standard InChI is InChI=1S/C10H18N6/c11-5-9(6-12)7-15-1-3-16(4-2-15)8-10(13)14/h9-10H,1-4,7-8,13-14H2. The molecule has 0 aliphatic carbocycles. The van der Waals surface area contributed by atoms with Gasteiger partial charge >= 0.3 is 0 Å². The van der Waals surface area contributed by atoms with Gasteiger partial charge in [-0.2, -0.15) is 10.5 Å². The van der Waals surface area contributed by atoms with Crippen LogP contribution in [0.2, 0.25) is 0 Å². The van der Waals surface area contributed by atoms with E-state index in [2.05, 4.69) is 9.80 Å². The SMILES string of the molecule is N#CC(C#N)CN1CCN(CC(N)N)CC1. The predicted molar refractivity (Wildman–Crippen MR) is 59.8 cm³/mol. The van der Waals surface area contributed by atoms with E-state index in [1.54, 1.807) is 0 Å². The van der Waals surface area contributed by atoms with E-state index in [4.69, 9.17) is 22.0 Å². The molecule has 0 unspecified atom stereocenters. The number of rotatable bonds is 4. The van der Waals surface area contributed by atoms with E-state index in [-0.39, 0.29) is 6.17 Å². The van der Waals surface area contributed by atoms with Gasteiger partial charge in [-0.25, -0.2) is 0 Å². The maximum absolute atomic E-state index is 8.68. The van der Waals surface area contributed by atoms with Crippen molar-refractivity contribution in [3.05, 3.63) is 0 Å². The Bertz CT molecular complexity index is 267. The summed E-state index contributed by atoms with van der Waals surface area (Å²) in [6.45, 7) is 4.77. The summed E-state index contributed by atoms with van der Waals surface area (Å²) < 4.78 is 0. The van der Waals surface area contributed by atoms with Gasteiger partial charge in [-0.05, 0) is 0 Å². The second-order valence-corrected chi connectivity index (χ2v) is 4.08. The van der Waals surface area contributed by atoms with Crippen molar-refractivity contribution in [3.8, 4) is 12.1 Å². The van der Waals surface area contributed by atoms with E-state index in [1.807, 2.05) is 12.1 Å². The molecule has 0 aromatic rings. The minimum Gasteiger partial charge on any atom is -0.315 e. The summed E-state index contributed by atoms with van der Waals surface area (Å²) in [6.07, 6.45) is -0.294. The van der Waals surface area contributed by atoms with E-state index in [9.17, 15) is 0 Å². The average molecular weight is 222 g/mol. The lowest BCUT2D eigenvalue weighted by Gasteiger charge is -2.35. The first-order valence-electron chi connectivity index (χ1n) is 5.41. The summed E-state index contributed by atoms with van der Waals surface area (Å²) in [5, 5.41) is 17.4. The molecule has 0 bridgehead atoms. The van der Waals surface area contributed by atoms with E-state index < -0.39 is 5.92 Å². The molecule has 0 amide bonds. The van der Waals surface area contributed by atoms with E-state index in [0.717, 1.165) is 26.2 Å². The fourth-order valence-electron chi connectivity index (χ4n) is 1.82. The molecular formula is C10H18N6. The molecule has 0 saturated carbocycles. The molecular weight excluding hydrogens is 204 g/mol. The zero-order chi connectivity index (χ0) is 12.0. The Labute approximate surface area is 96.0 Å². The van der Waals surface area contributed by atoms with Crippen LogP contribution in [0.15, 0.2) is 0 Å². The van der Waals surface area contributed by atoms with E-state index in [1.165, 1.54) is 0 Å². The second-order valence-electron chi connectivity index (χ2n) is 4.08. The predicted octanol–water partition coefficient (Wildman–Crippen LogP) is -1.49. The zero-order valence-corrected chi connectivity index (χ0v) is 9.34. The summed E-state index contributed by atoms with van der Waals surface area (Å²) in [5.74, 6) is -0.525. The fourth-order valence-corrected chi connectivity index (χ4v) is 1.82. The highest BCUT2D eigenvalue weighted by Gasteiger charge is 2.20. The summed E-state index contributed by atoms with van der Waals surface area (Å²) in [7, 11) is 0. The van der Waals surface area contributed by atoms with Crippen LogP contribution in [-0.2, 0) is 0 Å². The molecule has 16 heavy (non-hydrogen) atoms. The lowest BCUT2D eigenvalue weighted by atomic mass is 10.1. The number of hydrogen-bond acceptors (Lipinski definition) is 6. The molecule has 4 N–H and O–H groups in total. The number of nitriles is 2. The molecule has 88 valence electrons. The van der Waals surface area contributed by atoms with E-state index >= 15 is 0 Å². The second kappa shape index (κ2) is 6.41.